The van der Waals surface area contributed by atoms with E-state index >= 15 is 0 Å². The number of esters is 1. The number of benzene rings is 2. The number of hydroxylamine groups is 1. The van der Waals surface area contributed by atoms with Gasteiger partial charge in [-0.05, 0) is 29.1 Å². The highest BCUT2D eigenvalue weighted by Gasteiger charge is 2.56. The van der Waals surface area contributed by atoms with Crippen molar-refractivity contribution in [2.45, 2.75) is 50.7 Å². The van der Waals surface area contributed by atoms with Gasteiger partial charge in [0, 0.05) is 17.2 Å². The predicted molar refractivity (Wildman–Crippen MR) is 154 cm³/mol. The summed E-state index contributed by atoms with van der Waals surface area (Å²) in [7, 11) is -3.59. The van der Waals surface area contributed by atoms with E-state index in [4.69, 9.17) is 18.8 Å². The van der Waals surface area contributed by atoms with Crippen LogP contribution in [0.3, 0.4) is 0 Å². The van der Waals surface area contributed by atoms with Crippen molar-refractivity contribution in [1.29, 1.82) is 0 Å². The summed E-state index contributed by atoms with van der Waals surface area (Å²) in [5.74, 6) is -1.07. The number of ether oxygens (including phenoxy) is 2. The highest BCUT2D eigenvalue weighted by molar-refractivity contribution is 7.36. The van der Waals surface area contributed by atoms with E-state index in [1.54, 1.807) is 68.4 Å². The van der Waals surface area contributed by atoms with Gasteiger partial charge >= 0.3 is 11.7 Å². The molecule has 2 heterocycles. The molecule has 0 aliphatic carbocycles. The summed E-state index contributed by atoms with van der Waals surface area (Å²) >= 11 is 0. The smallest absolute Gasteiger partial charge is 0.330 e. The van der Waals surface area contributed by atoms with E-state index in [9.17, 15) is 34.7 Å². The SMILES string of the molecule is CC(C)C(C(=O)OCc1ccccc1)N(Oc1ccccc1)[PH](=O)OC[C@@]1(N=[N+]=[N-])O[C@@H](n2ccc(=O)[nH]c2=O)[C@H](O)[C@@H]1O. The molecule has 0 radical (unpaired) electrons. The van der Waals surface area contributed by atoms with E-state index in [-0.39, 0.29) is 12.4 Å². The number of rotatable bonds is 13. The summed E-state index contributed by atoms with van der Waals surface area (Å²) in [4.78, 5) is 48.5. The number of hydrogen-bond acceptors (Lipinski definition) is 11. The summed E-state index contributed by atoms with van der Waals surface area (Å²) in [6, 6.07) is 16.8. The fourth-order valence-corrected chi connectivity index (χ4v) is 5.68. The molecule has 0 spiro atoms. The molecule has 44 heavy (non-hydrogen) atoms. The minimum absolute atomic E-state index is 0.0622. The second-order valence-electron chi connectivity index (χ2n) is 10.1. The molecule has 234 valence electrons. The van der Waals surface area contributed by atoms with E-state index in [0.717, 1.165) is 27.2 Å². The zero-order valence-electron chi connectivity index (χ0n) is 23.6. The van der Waals surface area contributed by atoms with Crippen molar-refractivity contribution in [1.82, 2.24) is 14.4 Å². The van der Waals surface area contributed by atoms with E-state index in [2.05, 4.69) is 10.0 Å². The molecule has 3 N–H and O–H groups in total. The standard InChI is InChI=1S/C27H31N6O10P/c1-17(2)21(25(37)40-15-18-9-5-3-6-10-18)33(43-19-11-7-4-8-12-19)44(39)41-16-27(30-31-28)23(36)22(35)24(42-27)32-14-13-20(34)29-26(32)38/h3-14,17,21-24,35-36,44H,15-16H2,1-2H3,(H,29,34,38)/t21?,22-,23+,24-,27-/m1/s1. The van der Waals surface area contributed by atoms with Crippen LogP contribution in [0.5, 0.6) is 5.75 Å². The molecule has 0 amide bonds. The summed E-state index contributed by atoms with van der Waals surface area (Å²) in [5, 5.41) is 25.0. The number of nitrogens with zero attached hydrogens (tertiary/aromatic N) is 5. The second-order valence-corrected chi connectivity index (χ2v) is 11.3. The lowest BCUT2D eigenvalue weighted by atomic mass is 10.1. The molecule has 1 aliphatic heterocycles. The van der Waals surface area contributed by atoms with Gasteiger partial charge in [0.05, 0.1) is 6.61 Å². The van der Waals surface area contributed by atoms with Gasteiger partial charge in [0.1, 0.15) is 24.6 Å². The molecule has 1 aromatic heterocycles. The zero-order chi connectivity index (χ0) is 31.9. The molecule has 0 bridgehead atoms. The molecule has 16 nitrogen and oxygen atoms in total. The zero-order valence-corrected chi connectivity index (χ0v) is 24.6. The first-order valence-electron chi connectivity index (χ1n) is 13.4. The van der Waals surface area contributed by atoms with Gasteiger partial charge in [0.15, 0.2) is 12.3 Å². The summed E-state index contributed by atoms with van der Waals surface area (Å²) < 4.78 is 31.2. The van der Waals surface area contributed by atoms with Crippen LogP contribution in [0, 0.1) is 5.92 Å². The maximum atomic E-state index is 13.7. The Bertz CT molecular complexity index is 1610. The van der Waals surface area contributed by atoms with E-state index in [0.29, 0.717) is 0 Å². The number of carbonyl (C=O) groups excluding carboxylic acids is 1. The van der Waals surface area contributed by atoms with Crippen molar-refractivity contribution in [2.75, 3.05) is 6.61 Å². The van der Waals surface area contributed by atoms with Gasteiger partial charge in [-0.1, -0.05) is 72.3 Å². The van der Waals surface area contributed by atoms with Crippen LogP contribution in [0.25, 0.3) is 10.4 Å². The van der Waals surface area contributed by atoms with Gasteiger partial charge in [-0.3, -0.25) is 23.7 Å². The first-order chi connectivity index (χ1) is 21.1. The molecule has 3 aromatic rings. The Morgan fingerprint density at radius 2 is 1.82 bits per heavy atom. The van der Waals surface area contributed by atoms with E-state index in [1.165, 1.54) is 0 Å². The van der Waals surface area contributed by atoms with Crippen molar-refractivity contribution in [3.05, 3.63) is 110 Å². The third kappa shape index (κ3) is 7.44. The van der Waals surface area contributed by atoms with Crippen molar-refractivity contribution in [3.63, 3.8) is 0 Å². The molecule has 1 aliphatic rings. The Morgan fingerprint density at radius 3 is 2.43 bits per heavy atom. The lowest BCUT2D eigenvalue weighted by Gasteiger charge is -2.32. The minimum Gasteiger partial charge on any atom is -0.460 e. The molecule has 1 saturated heterocycles. The lowest BCUT2D eigenvalue weighted by molar-refractivity contribution is -0.161. The van der Waals surface area contributed by atoms with Gasteiger partial charge in [0.25, 0.3) is 13.7 Å². The van der Waals surface area contributed by atoms with Crippen molar-refractivity contribution < 1.29 is 38.4 Å². The average molecular weight is 631 g/mol. The van der Waals surface area contributed by atoms with Crippen LogP contribution >= 0.6 is 8.18 Å². The molecule has 1 fully saturated rings. The summed E-state index contributed by atoms with van der Waals surface area (Å²) in [6.07, 6.45) is -4.43. The van der Waals surface area contributed by atoms with Crippen molar-refractivity contribution in [3.8, 4) is 5.75 Å². The number of hydrogen-bond donors (Lipinski definition) is 3. The Balaban J connectivity index is 1.59. The highest BCUT2D eigenvalue weighted by Crippen LogP contribution is 2.42. The number of aliphatic hydroxyl groups is 2. The number of carbonyl (C=O) groups is 1. The number of azide groups is 1. The van der Waals surface area contributed by atoms with Crippen LogP contribution in [0.1, 0.15) is 25.6 Å². The predicted octanol–water partition coefficient (Wildman–Crippen LogP) is 2.26. The molecule has 2 unspecified atom stereocenters. The van der Waals surface area contributed by atoms with Crippen LogP contribution in [-0.2, 0) is 30.0 Å². The molecule has 0 saturated carbocycles. The second kappa shape index (κ2) is 14.5. The first kappa shape index (κ1) is 32.6. The molecule has 2 aromatic carbocycles. The average Bonchev–Trinajstić information content (AvgIpc) is 3.25. The molecule has 6 atom stereocenters. The Morgan fingerprint density at radius 1 is 1.16 bits per heavy atom. The van der Waals surface area contributed by atoms with Crippen molar-refractivity contribution in [2.24, 2.45) is 11.0 Å². The van der Waals surface area contributed by atoms with Crippen LogP contribution < -0.4 is 16.1 Å². The van der Waals surface area contributed by atoms with Gasteiger partial charge in [-0.2, -0.15) is 0 Å². The van der Waals surface area contributed by atoms with E-state index in [1.807, 2.05) is 11.1 Å². The molecule has 17 heteroatoms. The highest BCUT2D eigenvalue weighted by atomic mass is 31.1. The number of aromatic nitrogens is 2. The third-order valence-corrected chi connectivity index (χ3v) is 7.74. The summed E-state index contributed by atoms with van der Waals surface area (Å²) in [5.41, 5.74) is 5.90. The van der Waals surface area contributed by atoms with Crippen LogP contribution in [0.2, 0.25) is 0 Å². The largest absolute Gasteiger partial charge is 0.460 e. The number of aromatic amines is 1. The maximum absolute atomic E-state index is 13.7. The van der Waals surface area contributed by atoms with Gasteiger partial charge in [-0.15, -0.1) is 0 Å². The monoisotopic (exact) mass is 630 g/mol. The van der Waals surface area contributed by atoms with Gasteiger partial charge in [-0.25, -0.2) is 4.79 Å². The van der Waals surface area contributed by atoms with Gasteiger partial charge in [0.2, 0.25) is 5.72 Å². The van der Waals surface area contributed by atoms with Crippen molar-refractivity contribution >= 4 is 14.1 Å². The minimum atomic E-state index is -3.59. The Kier molecular flexibility index (Phi) is 10.7. The molecular weight excluding hydrogens is 599 g/mol. The van der Waals surface area contributed by atoms with Crippen LogP contribution in [-0.4, -0.2) is 61.1 Å². The Labute approximate surface area is 250 Å². The van der Waals surface area contributed by atoms with Gasteiger partial charge < -0.3 is 29.0 Å². The third-order valence-electron chi connectivity index (χ3n) is 6.62. The fourth-order valence-electron chi connectivity index (χ4n) is 4.41. The number of aliphatic hydroxyl groups excluding tert-OH is 2. The molecular formula is C27H31N6O10P. The first-order valence-corrected chi connectivity index (χ1v) is 14.6. The van der Waals surface area contributed by atoms with Crippen LogP contribution in [0.4, 0.5) is 0 Å². The number of H-pyrrole nitrogens is 1. The fraction of sp³-hybridized carbons (Fsp3) is 0.370. The topological polar surface area (TPSA) is 218 Å². The van der Waals surface area contributed by atoms with E-state index < -0.39 is 68.1 Å². The molecule has 4 rings (SSSR count). The summed E-state index contributed by atoms with van der Waals surface area (Å²) in [6.45, 7) is 2.39. The maximum Gasteiger partial charge on any atom is 0.330 e. The lowest BCUT2D eigenvalue weighted by Crippen LogP contribution is -2.46. The number of nitrogens with one attached hydrogen (secondary N) is 1. The Hall–Kier alpha value is -4.27. The quantitative estimate of drug-likeness (QED) is 0.0621. The number of para-hydroxylation sites is 1. The normalized spacial score (nSPS) is 22.7. The van der Waals surface area contributed by atoms with Crippen LogP contribution in [0.15, 0.2) is 87.6 Å².